The highest BCUT2D eigenvalue weighted by Crippen LogP contribution is 2.12. The lowest BCUT2D eigenvalue weighted by molar-refractivity contribution is -0.160. The van der Waals surface area contributed by atoms with Gasteiger partial charge >= 0.3 is 5.97 Å². The summed E-state index contributed by atoms with van der Waals surface area (Å²) in [5, 5.41) is 0. The van der Waals surface area contributed by atoms with Gasteiger partial charge in [0.2, 0.25) is 0 Å². The molecule has 17 heavy (non-hydrogen) atoms. The largest absolute Gasteiger partial charge is 0.459 e. The van der Waals surface area contributed by atoms with E-state index in [0.717, 1.165) is 32.6 Å². The first-order chi connectivity index (χ1) is 7.79. The molecule has 1 saturated heterocycles. The molecule has 0 spiro atoms. The third kappa shape index (κ3) is 5.04. The summed E-state index contributed by atoms with van der Waals surface area (Å²) in [5.41, 5.74) is -0.395. The van der Waals surface area contributed by atoms with Gasteiger partial charge < -0.3 is 9.64 Å². The molecule has 1 aliphatic rings. The summed E-state index contributed by atoms with van der Waals surface area (Å²) in [4.78, 5) is 16.5. The molecule has 0 radical (unpaired) electrons. The normalized spacial score (nSPS) is 21.9. The fourth-order valence-electron chi connectivity index (χ4n) is 1.99. The van der Waals surface area contributed by atoms with Gasteiger partial charge in [-0.25, -0.2) is 0 Å². The highest BCUT2D eigenvalue weighted by atomic mass is 16.6. The molecule has 0 aliphatic carbocycles. The minimum atomic E-state index is -0.395. The average Bonchev–Trinajstić information content (AvgIpc) is 2.39. The van der Waals surface area contributed by atoms with Crippen molar-refractivity contribution >= 4 is 5.97 Å². The minimum Gasteiger partial charge on any atom is -0.459 e. The molecule has 100 valence electrons. The molecule has 1 heterocycles. The van der Waals surface area contributed by atoms with E-state index in [9.17, 15) is 4.79 Å². The van der Waals surface area contributed by atoms with Crippen molar-refractivity contribution in [2.45, 2.75) is 45.8 Å². The molecule has 0 aromatic heterocycles. The predicted molar refractivity (Wildman–Crippen MR) is 69.0 cm³/mol. The van der Waals surface area contributed by atoms with Gasteiger partial charge in [0.1, 0.15) is 11.6 Å². The molecule has 0 bridgehead atoms. The van der Waals surface area contributed by atoms with Crippen molar-refractivity contribution in [3.63, 3.8) is 0 Å². The molecule has 0 aromatic carbocycles. The zero-order valence-corrected chi connectivity index (χ0v) is 11.8. The Balaban J connectivity index is 2.51. The first-order valence-electron chi connectivity index (χ1n) is 6.45. The Hall–Kier alpha value is -0.610. The van der Waals surface area contributed by atoms with Crippen LogP contribution < -0.4 is 0 Å². The van der Waals surface area contributed by atoms with Gasteiger partial charge in [-0.05, 0) is 47.7 Å². The number of hydrogen-bond acceptors (Lipinski definition) is 4. The van der Waals surface area contributed by atoms with Crippen LogP contribution in [0.15, 0.2) is 0 Å². The summed E-state index contributed by atoms with van der Waals surface area (Å²) in [6, 6.07) is -0.138. The predicted octanol–water partition coefficient (Wildman–Crippen LogP) is 1.35. The first-order valence-corrected chi connectivity index (χ1v) is 6.45. The maximum atomic E-state index is 12.0. The Morgan fingerprint density at radius 1 is 1.18 bits per heavy atom. The Labute approximate surface area is 105 Å². The van der Waals surface area contributed by atoms with Crippen LogP contribution in [0.3, 0.4) is 0 Å². The van der Waals surface area contributed by atoms with Crippen LogP contribution in [-0.4, -0.2) is 60.6 Å². The molecular formula is C13H26N2O2. The van der Waals surface area contributed by atoms with Gasteiger partial charge in [0, 0.05) is 19.6 Å². The van der Waals surface area contributed by atoms with Gasteiger partial charge in [0.25, 0.3) is 0 Å². The van der Waals surface area contributed by atoms with Crippen molar-refractivity contribution < 1.29 is 9.53 Å². The topological polar surface area (TPSA) is 32.8 Å². The van der Waals surface area contributed by atoms with Gasteiger partial charge in [-0.15, -0.1) is 0 Å². The Morgan fingerprint density at radius 3 is 2.41 bits per heavy atom. The van der Waals surface area contributed by atoms with E-state index in [4.69, 9.17) is 4.74 Å². The van der Waals surface area contributed by atoms with E-state index in [2.05, 4.69) is 16.8 Å². The number of ether oxygens (including phenoxy) is 1. The summed E-state index contributed by atoms with van der Waals surface area (Å²) in [6.45, 7) is 11.7. The molecule has 1 atom stereocenters. The fraction of sp³-hybridized carbons (Fsp3) is 0.923. The lowest BCUT2D eigenvalue weighted by Crippen LogP contribution is -2.44. The average molecular weight is 242 g/mol. The van der Waals surface area contributed by atoms with E-state index in [1.807, 2.05) is 27.7 Å². The Bertz CT molecular complexity index is 261. The number of esters is 1. The van der Waals surface area contributed by atoms with Gasteiger partial charge in [-0.2, -0.15) is 0 Å². The second-order valence-electron chi connectivity index (χ2n) is 5.90. The van der Waals surface area contributed by atoms with Crippen LogP contribution in [0, 0.1) is 0 Å². The number of rotatable bonds is 2. The number of likely N-dealkylation sites (N-methyl/N-ethyl adjacent to an activating group) is 1. The summed E-state index contributed by atoms with van der Waals surface area (Å²) < 4.78 is 5.43. The summed E-state index contributed by atoms with van der Waals surface area (Å²) >= 11 is 0. The Kier molecular flexibility index (Phi) is 4.95. The van der Waals surface area contributed by atoms with Crippen LogP contribution in [0.4, 0.5) is 0 Å². The zero-order chi connectivity index (χ0) is 13.1. The molecule has 4 nitrogen and oxygen atoms in total. The third-order valence-electron chi connectivity index (χ3n) is 3.05. The molecule has 0 N–H and O–H groups in total. The van der Waals surface area contributed by atoms with E-state index < -0.39 is 5.60 Å². The van der Waals surface area contributed by atoms with Crippen LogP contribution in [0.5, 0.6) is 0 Å². The van der Waals surface area contributed by atoms with Crippen molar-refractivity contribution in [1.29, 1.82) is 0 Å². The zero-order valence-electron chi connectivity index (χ0n) is 11.8. The highest BCUT2D eigenvalue weighted by Gasteiger charge is 2.27. The van der Waals surface area contributed by atoms with Gasteiger partial charge in [0.15, 0.2) is 0 Å². The number of carbonyl (C=O) groups excluding carboxylic acids is 1. The first kappa shape index (κ1) is 14.5. The van der Waals surface area contributed by atoms with E-state index in [-0.39, 0.29) is 12.0 Å². The highest BCUT2D eigenvalue weighted by molar-refractivity contribution is 5.75. The number of carbonyl (C=O) groups is 1. The standard InChI is InChI=1S/C13H26N2O2/c1-11(12(16)17-13(2,3)4)15-8-6-7-14(5)9-10-15/h11H,6-10H2,1-5H3. The van der Waals surface area contributed by atoms with E-state index in [1.54, 1.807) is 0 Å². The summed E-state index contributed by atoms with van der Waals surface area (Å²) in [5.74, 6) is -0.109. The molecule has 0 saturated carbocycles. The van der Waals surface area contributed by atoms with Crippen molar-refractivity contribution in [3.05, 3.63) is 0 Å². The molecule has 0 amide bonds. The molecule has 1 aliphatic heterocycles. The third-order valence-corrected chi connectivity index (χ3v) is 3.05. The van der Waals surface area contributed by atoms with Crippen LogP contribution in [0.25, 0.3) is 0 Å². The molecule has 0 aromatic rings. The summed E-state index contributed by atoms with van der Waals surface area (Å²) in [6.07, 6.45) is 1.11. The van der Waals surface area contributed by atoms with Crippen LogP contribution in [0.2, 0.25) is 0 Å². The lowest BCUT2D eigenvalue weighted by atomic mass is 10.2. The van der Waals surface area contributed by atoms with E-state index in [0.29, 0.717) is 0 Å². The van der Waals surface area contributed by atoms with Gasteiger partial charge in [-0.3, -0.25) is 9.69 Å². The van der Waals surface area contributed by atoms with Crippen LogP contribution in [-0.2, 0) is 9.53 Å². The van der Waals surface area contributed by atoms with Crippen molar-refractivity contribution in [1.82, 2.24) is 9.80 Å². The quantitative estimate of drug-likeness (QED) is 0.684. The maximum absolute atomic E-state index is 12.0. The van der Waals surface area contributed by atoms with Gasteiger partial charge in [0.05, 0.1) is 0 Å². The van der Waals surface area contributed by atoms with Gasteiger partial charge in [-0.1, -0.05) is 0 Å². The molecular weight excluding hydrogens is 216 g/mol. The van der Waals surface area contributed by atoms with Crippen molar-refractivity contribution in [2.24, 2.45) is 0 Å². The second kappa shape index (κ2) is 5.83. The van der Waals surface area contributed by atoms with E-state index >= 15 is 0 Å². The molecule has 1 rings (SSSR count). The SMILES string of the molecule is CC(C(=O)OC(C)(C)C)N1CCCN(C)CC1. The van der Waals surface area contributed by atoms with Crippen LogP contribution >= 0.6 is 0 Å². The fourth-order valence-corrected chi connectivity index (χ4v) is 1.99. The van der Waals surface area contributed by atoms with Crippen molar-refractivity contribution in [2.75, 3.05) is 33.2 Å². The van der Waals surface area contributed by atoms with Crippen LogP contribution in [0.1, 0.15) is 34.1 Å². The second-order valence-corrected chi connectivity index (χ2v) is 5.90. The molecule has 4 heteroatoms. The molecule has 1 unspecified atom stereocenters. The lowest BCUT2D eigenvalue weighted by Gasteiger charge is -2.29. The molecule has 1 fully saturated rings. The smallest absolute Gasteiger partial charge is 0.323 e. The minimum absolute atomic E-state index is 0.109. The Morgan fingerprint density at radius 2 is 1.82 bits per heavy atom. The number of hydrogen-bond donors (Lipinski definition) is 0. The maximum Gasteiger partial charge on any atom is 0.323 e. The van der Waals surface area contributed by atoms with E-state index in [1.165, 1.54) is 0 Å². The van der Waals surface area contributed by atoms with Crippen molar-refractivity contribution in [3.8, 4) is 0 Å². The monoisotopic (exact) mass is 242 g/mol. The summed E-state index contributed by atoms with van der Waals surface area (Å²) in [7, 11) is 2.13. The number of nitrogens with zero attached hydrogens (tertiary/aromatic N) is 2.